The summed E-state index contributed by atoms with van der Waals surface area (Å²) in [5.41, 5.74) is 1.39. The van der Waals surface area contributed by atoms with E-state index in [0.717, 1.165) is 16.0 Å². The smallest absolute Gasteiger partial charge is 0.335 e. The lowest BCUT2D eigenvalue weighted by Crippen LogP contribution is -2.45. The number of carboxylic acid groups (broad SMARTS) is 1. The van der Waals surface area contributed by atoms with Crippen LogP contribution in [0.25, 0.3) is 11.1 Å². The summed E-state index contributed by atoms with van der Waals surface area (Å²) in [6.07, 6.45) is 0. The Bertz CT molecular complexity index is 1970. The average Bonchev–Trinajstić information content (AvgIpc) is 3.62. The van der Waals surface area contributed by atoms with E-state index in [1.807, 2.05) is 121 Å². The van der Waals surface area contributed by atoms with Gasteiger partial charge in [0.05, 0.1) is 33.9 Å². The van der Waals surface area contributed by atoms with Gasteiger partial charge in [-0.25, -0.2) is 9.69 Å². The predicted octanol–water partition coefficient (Wildman–Crippen LogP) is 6.57. The Hall–Kier alpha value is -5.88. The van der Waals surface area contributed by atoms with E-state index in [4.69, 9.17) is 0 Å². The highest BCUT2D eigenvalue weighted by Gasteiger charge is 2.82. The maximum Gasteiger partial charge on any atom is 0.335 e. The molecule has 1 aliphatic heterocycles. The number of allylic oxidation sites excluding steroid dienone is 2. The van der Waals surface area contributed by atoms with Crippen molar-refractivity contribution >= 4 is 40.4 Å². The van der Waals surface area contributed by atoms with Crippen LogP contribution in [0.1, 0.15) is 32.6 Å². The number of rotatable bonds is 6. The minimum atomic E-state index is -1.51. The van der Waals surface area contributed by atoms with E-state index in [-0.39, 0.29) is 17.0 Å². The molecule has 2 bridgehead atoms. The molecule has 1 saturated heterocycles. The van der Waals surface area contributed by atoms with Gasteiger partial charge in [0.1, 0.15) is 0 Å². The molecule has 2 amide bonds. The number of carbonyl (C=O) groups excluding carboxylic acids is 3. The Morgan fingerprint density at radius 1 is 0.543 bits per heavy atom. The number of anilines is 1. The Morgan fingerprint density at radius 2 is 0.957 bits per heavy atom. The third kappa shape index (κ3) is 3.41. The van der Waals surface area contributed by atoms with Gasteiger partial charge in [0.25, 0.3) is 0 Å². The Labute approximate surface area is 265 Å². The summed E-state index contributed by atoms with van der Waals surface area (Å²) in [6.45, 7) is 0. The maximum atomic E-state index is 15.8. The van der Waals surface area contributed by atoms with Crippen molar-refractivity contribution in [3.8, 4) is 0 Å². The number of hydrogen-bond acceptors (Lipinski definition) is 4. The maximum absolute atomic E-state index is 15.8. The average molecular weight is 602 g/mol. The lowest BCUT2D eigenvalue weighted by Gasteiger charge is -2.39. The van der Waals surface area contributed by atoms with Gasteiger partial charge in [-0.1, -0.05) is 127 Å². The van der Waals surface area contributed by atoms with E-state index < -0.39 is 40.4 Å². The number of benzene rings is 5. The molecule has 6 nitrogen and oxygen atoms in total. The molecular formula is C40H27NO5. The molecule has 2 fully saturated rings. The molecule has 6 heteroatoms. The molecule has 0 unspecified atom stereocenters. The molecule has 0 aromatic heterocycles. The zero-order valence-electron chi connectivity index (χ0n) is 24.5. The van der Waals surface area contributed by atoms with Gasteiger partial charge in [-0.15, -0.1) is 0 Å². The van der Waals surface area contributed by atoms with Crippen LogP contribution in [0.4, 0.5) is 5.69 Å². The van der Waals surface area contributed by atoms with Crippen LogP contribution in [0.5, 0.6) is 0 Å². The van der Waals surface area contributed by atoms with Crippen molar-refractivity contribution in [3.63, 3.8) is 0 Å². The van der Waals surface area contributed by atoms with E-state index in [1.54, 1.807) is 6.07 Å². The molecule has 1 N–H and O–H groups in total. The SMILES string of the molecule is O=C(O)c1cccc(N2C(=O)[C@@H]3[C@H](C2=O)[C@@]2(c4ccccc4)C(=O)[C@@]3(c3ccccc3)C(c3ccccc3)=C2c2ccccc2)c1. The molecule has 0 radical (unpaired) electrons. The quantitative estimate of drug-likeness (QED) is 0.222. The topological polar surface area (TPSA) is 91.8 Å². The van der Waals surface area contributed by atoms with Gasteiger partial charge in [0, 0.05) is 0 Å². The zero-order valence-corrected chi connectivity index (χ0v) is 24.5. The summed E-state index contributed by atoms with van der Waals surface area (Å²) in [5.74, 6) is -4.57. The second-order valence-electron chi connectivity index (χ2n) is 12.0. The molecule has 1 saturated carbocycles. The fourth-order valence-electron chi connectivity index (χ4n) is 8.37. The number of fused-ring (bicyclic) bond motifs is 5. The highest BCUT2D eigenvalue weighted by Crippen LogP contribution is 2.74. The van der Waals surface area contributed by atoms with Gasteiger partial charge >= 0.3 is 5.97 Å². The van der Waals surface area contributed by atoms with Gasteiger partial charge in [-0.3, -0.25) is 14.4 Å². The summed E-state index contributed by atoms with van der Waals surface area (Å²) in [4.78, 5) is 58.8. The number of carboxylic acids is 1. The summed E-state index contributed by atoms with van der Waals surface area (Å²) in [5, 5.41) is 9.74. The third-order valence-corrected chi connectivity index (χ3v) is 9.93. The first-order chi connectivity index (χ1) is 22.4. The summed E-state index contributed by atoms with van der Waals surface area (Å²) < 4.78 is 0. The van der Waals surface area contributed by atoms with Gasteiger partial charge in [-0.05, 0) is 51.6 Å². The standard InChI is InChI=1S/C40H27NO5/c42-35-33-34(36(43)41(35)30-23-13-18-27(24-30)37(44)45)40(29-21-11-4-12-22-29)32(26-16-7-2-8-17-26)31(25-14-5-1-6-15-25)39(33,38(40)46)28-19-9-3-10-20-28/h1-24,33-34H,(H,44,45)/t33-,34+,39-,40-/m0/s1. The highest BCUT2D eigenvalue weighted by molar-refractivity contribution is 6.39. The Kier molecular flexibility index (Phi) is 6.06. The molecule has 5 aromatic carbocycles. The number of Topliss-reactive ketones (excluding diaryl/α,β-unsaturated/α-hetero) is 1. The van der Waals surface area contributed by atoms with Gasteiger partial charge in [-0.2, -0.15) is 0 Å². The van der Waals surface area contributed by atoms with Gasteiger partial charge in [0.15, 0.2) is 5.78 Å². The lowest BCUT2D eigenvalue weighted by molar-refractivity contribution is -0.130. The van der Waals surface area contributed by atoms with E-state index >= 15 is 4.79 Å². The van der Waals surface area contributed by atoms with E-state index in [2.05, 4.69) is 0 Å². The molecule has 2 aliphatic carbocycles. The molecule has 3 aliphatic rings. The second-order valence-corrected chi connectivity index (χ2v) is 12.0. The number of amides is 2. The lowest BCUT2D eigenvalue weighted by atomic mass is 9.59. The number of hydrogen-bond donors (Lipinski definition) is 1. The van der Waals surface area contributed by atoms with Crippen molar-refractivity contribution in [1.29, 1.82) is 0 Å². The highest BCUT2D eigenvalue weighted by atomic mass is 16.4. The van der Waals surface area contributed by atoms with Crippen LogP contribution in [0.15, 0.2) is 146 Å². The molecule has 8 rings (SSSR count). The van der Waals surface area contributed by atoms with Crippen molar-refractivity contribution < 1.29 is 24.3 Å². The van der Waals surface area contributed by atoms with Crippen molar-refractivity contribution in [2.24, 2.45) is 11.8 Å². The second kappa shape index (κ2) is 10.1. The normalized spacial score (nSPS) is 24.9. The van der Waals surface area contributed by atoms with Gasteiger partial charge in [0.2, 0.25) is 11.8 Å². The molecule has 1 heterocycles. The predicted molar refractivity (Wildman–Crippen MR) is 174 cm³/mol. The summed E-state index contributed by atoms with van der Waals surface area (Å²) in [6, 6.07) is 43.8. The fourth-order valence-corrected chi connectivity index (χ4v) is 8.37. The van der Waals surface area contributed by atoms with Crippen LogP contribution in [0.2, 0.25) is 0 Å². The molecule has 46 heavy (non-hydrogen) atoms. The van der Waals surface area contributed by atoms with Gasteiger partial charge < -0.3 is 5.11 Å². The summed E-state index contributed by atoms with van der Waals surface area (Å²) >= 11 is 0. The molecule has 5 aromatic rings. The Morgan fingerprint density at radius 3 is 1.37 bits per heavy atom. The first-order valence-electron chi connectivity index (χ1n) is 15.2. The van der Waals surface area contributed by atoms with E-state index in [9.17, 15) is 19.5 Å². The number of aromatic carboxylic acids is 1. The number of nitrogens with zero attached hydrogens (tertiary/aromatic N) is 1. The minimum absolute atomic E-state index is 0.0437. The zero-order chi connectivity index (χ0) is 31.6. The minimum Gasteiger partial charge on any atom is -0.478 e. The van der Waals surface area contributed by atoms with Crippen LogP contribution in [-0.4, -0.2) is 28.7 Å². The first kappa shape index (κ1) is 27.7. The van der Waals surface area contributed by atoms with Crippen LogP contribution in [0, 0.1) is 11.8 Å². The van der Waals surface area contributed by atoms with Crippen molar-refractivity contribution in [2.45, 2.75) is 10.8 Å². The van der Waals surface area contributed by atoms with Crippen LogP contribution in [0.3, 0.4) is 0 Å². The molecular weight excluding hydrogens is 574 g/mol. The largest absolute Gasteiger partial charge is 0.478 e. The number of imide groups is 1. The fraction of sp³-hybridized carbons (Fsp3) is 0.100. The molecule has 222 valence electrons. The summed E-state index contributed by atoms with van der Waals surface area (Å²) in [7, 11) is 0. The Balaban J connectivity index is 1.53. The molecule has 4 atom stereocenters. The van der Waals surface area contributed by atoms with Crippen LogP contribution < -0.4 is 4.90 Å². The van der Waals surface area contributed by atoms with E-state index in [1.165, 1.54) is 18.2 Å². The monoisotopic (exact) mass is 601 g/mol. The van der Waals surface area contributed by atoms with E-state index in [0.29, 0.717) is 22.3 Å². The van der Waals surface area contributed by atoms with Crippen molar-refractivity contribution in [3.05, 3.63) is 173 Å². The van der Waals surface area contributed by atoms with Crippen molar-refractivity contribution in [2.75, 3.05) is 4.90 Å². The third-order valence-electron chi connectivity index (χ3n) is 9.93. The number of ketones is 1. The van der Waals surface area contributed by atoms with Crippen molar-refractivity contribution in [1.82, 2.24) is 0 Å². The number of carbonyl (C=O) groups is 4. The van der Waals surface area contributed by atoms with Crippen LogP contribution >= 0.6 is 0 Å². The van der Waals surface area contributed by atoms with Crippen LogP contribution in [-0.2, 0) is 25.2 Å². The molecule has 0 spiro atoms. The first-order valence-corrected chi connectivity index (χ1v) is 15.2.